The van der Waals surface area contributed by atoms with Crippen molar-refractivity contribution in [1.82, 2.24) is 5.32 Å². The number of hydrogen-bond donors (Lipinski definition) is 1. The molecule has 0 saturated carbocycles. The normalized spacial score (nSPS) is 13.2. The second-order valence-electron chi connectivity index (χ2n) is 7.40. The first-order valence-corrected chi connectivity index (χ1v) is 12.2. The molecule has 2 atom stereocenters. The van der Waals surface area contributed by atoms with Gasteiger partial charge in [-0.25, -0.2) is 8.42 Å². The highest BCUT2D eigenvalue weighted by Gasteiger charge is 2.32. The van der Waals surface area contributed by atoms with E-state index < -0.39 is 16.1 Å². The topological polar surface area (TPSA) is 84.9 Å². The van der Waals surface area contributed by atoms with Gasteiger partial charge in [0.25, 0.3) is 0 Å². The lowest BCUT2D eigenvalue weighted by atomic mass is 10.1. The number of ether oxygens (including phenoxy) is 2. The molecule has 0 fully saturated rings. The molecule has 0 unspecified atom stereocenters. The van der Waals surface area contributed by atoms with Crippen LogP contribution in [-0.4, -0.2) is 45.9 Å². The lowest BCUT2D eigenvalue weighted by molar-refractivity contribution is -0.123. The zero-order chi connectivity index (χ0) is 23.0. The predicted octanol–water partition coefficient (Wildman–Crippen LogP) is 3.52. The molecule has 0 aliphatic rings. The molecule has 1 amide bonds. The standard InChI is InChI=1S/C23H32N2O5S/c1-6-21(23(26)24-18(4)16-30-22-11-9-8-10-17(22)3)25(31(5,27)28)19-12-14-20(15-13-19)29-7-2/h8-15,18,21H,6-7,16H2,1-5H3,(H,24,26)/t18-,21-/m1/s1. The van der Waals surface area contributed by atoms with Gasteiger partial charge in [0.15, 0.2) is 0 Å². The van der Waals surface area contributed by atoms with Crippen molar-refractivity contribution in [1.29, 1.82) is 0 Å². The van der Waals surface area contributed by atoms with Crippen LogP contribution in [0.2, 0.25) is 0 Å². The van der Waals surface area contributed by atoms with E-state index in [2.05, 4.69) is 5.32 Å². The molecule has 0 radical (unpaired) electrons. The van der Waals surface area contributed by atoms with Crippen molar-refractivity contribution in [2.75, 3.05) is 23.8 Å². The predicted molar refractivity (Wildman–Crippen MR) is 123 cm³/mol. The molecule has 2 rings (SSSR count). The highest BCUT2D eigenvalue weighted by Crippen LogP contribution is 2.25. The van der Waals surface area contributed by atoms with E-state index in [1.165, 1.54) is 0 Å². The fourth-order valence-electron chi connectivity index (χ4n) is 3.23. The summed E-state index contributed by atoms with van der Waals surface area (Å²) in [4.78, 5) is 13.0. The maximum absolute atomic E-state index is 13.0. The van der Waals surface area contributed by atoms with Gasteiger partial charge in [-0.2, -0.15) is 0 Å². The Kier molecular flexibility index (Phi) is 8.74. The van der Waals surface area contributed by atoms with E-state index in [0.29, 0.717) is 24.5 Å². The number of hydrogen-bond acceptors (Lipinski definition) is 5. The van der Waals surface area contributed by atoms with Crippen LogP contribution in [0.25, 0.3) is 0 Å². The van der Waals surface area contributed by atoms with Gasteiger partial charge in [-0.3, -0.25) is 9.10 Å². The minimum absolute atomic E-state index is 0.273. The number of sulfonamides is 1. The number of nitrogens with zero attached hydrogens (tertiary/aromatic N) is 1. The Morgan fingerprint density at radius 1 is 1.06 bits per heavy atom. The van der Waals surface area contributed by atoms with Crippen LogP contribution in [0.5, 0.6) is 11.5 Å². The summed E-state index contributed by atoms with van der Waals surface area (Å²) in [5, 5.41) is 2.88. The van der Waals surface area contributed by atoms with Crippen molar-refractivity contribution >= 4 is 21.6 Å². The fourth-order valence-corrected chi connectivity index (χ4v) is 4.44. The van der Waals surface area contributed by atoms with Crippen molar-refractivity contribution in [3.8, 4) is 11.5 Å². The van der Waals surface area contributed by atoms with Crippen molar-refractivity contribution in [3.63, 3.8) is 0 Å². The smallest absolute Gasteiger partial charge is 0.244 e. The van der Waals surface area contributed by atoms with E-state index in [1.54, 1.807) is 31.2 Å². The summed E-state index contributed by atoms with van der Waals surface area (Å²) >= 11 is 0. The quantitative estimate of drug-likeness (QED) is 0.569. The largest absolute Gasteiger partial charge is 0.494 e. The zero-order valence-corrected chi connectivity index (χ0v) is 19.6. The summed E-state index contributed by atoms with van der Waals surface area (Å²) in [6.45, 7) is 8.22. The highest BCUT2D eigenvalue weighted by atomic mass is 32.2. The van der Waals surface area contributed by atoms with Gasteiger partial charge in [0.1, 0.15) is 24.1 Å². The molecule has 2 aromatic carbocycles. The lowest BCUT2D eigenvalue weighted by Crippen LogP contribution is -2.52. The van der Waals surface area contributed by atoms with E-state index in [4.69, 9.17) is 9.47 Å². The van der Waals surface area contributed by atoms with E-state index in [-0.39, 0.29) is 18.6 Å². The molecule has 1 N–H and O–H groups in total. The minimum Gasteiger partial charge on any atom is -0.494 e. The number of amides is 1. The number of rotatable bonds is 11. The molecular weight excluding hydrogens is 416 g/mol. The second-order valence-corrected chi connectivity index (χ2v) is 9.26. The van der Waals surface area contributed by atoms with Gasteiger partial charge in [0, 0.05) is 0 Å². The number of nitrogens with one attached hydrogen (secondary N) is 1. The van der Waals surface area contributed by atoms with Gasteiger partial charge in [-0.05, 0) is 63.1 Å². The monoisotopic (exact) mass is 448 g/mol. The molecule has 170 valence electrons. The second kappa shape index (κ2) is 11.0. The van der Waals surface area contributed by atoms with Crippen LogP contribution in [0.4, 0.5) is 5.69 Å². The molecule has 0 saturated heterocycles. The molecule has 0 heterocycles. The maximum Gasteiger partial charge on any atom is 0.244 e. The summed E-state index contributed by atoms with van der Waals surface area (Å²) in [5.41, 5.74) is 1.42. The van der Waals surface area contributed by atoms with Gasteiger partial charge in [-0.15, -0.1) is 0 Å². The molecule has 31 heavy (non-hydrogen) atoms. The molecule has 8 heteroatoms. The summed E-state index contributed by atoms with van der Waals surface area (Å²) in [7, 11) is -3.70. The molecular formula is C23H32N2O5S. The van der Waals surface area contributed by atoms with Gasteiger partial charge in [0.05, 0.1) is 24.6 Å². The molecule has 0 aliphatic carbocycles. The Hall–Kier alpha value is -2.74. The molecule has 0 aliphatic heterocycles. The van der Waals surface area contributed by atoms with Crippen molar-refractivity contribution < 1.29 is 22.7 Å². The van der Waals surface area contributed by atoms with Crippen LogP contribution in [-0.2, 0) is 14.8 Å². The molecule has 2 aromatic rings. The number of aryl methyl sites for hydroxylation is 1. The van der Waals surface area contributed by atoms with Crippen LogP contribution in [0, 0.1) is 6.92 Å². The first kappa shape index (κ1) is 24.5. The molecule has 0 spiro atoms. The number of carbonyl (C=O) groups excluding carboxylic acids is 1. The Bertz CT molecular complexity index is 960. The molecule has 0 aromatic heterocycles. The highest BCUT2D eigenvalue weighted by molar-refractivity contribution is 7.92. The van der Waals surface area contributed by atoms with Gasteiger partial charge in [0.2, 0.25) is 15.9 Å². The summed E-state index contributed by atoms with van der Waals surface area (Å²) in [6.07, 6.45) is 1.42. The van der Waals surface area contributed by atoms with Crippen molar-refractivity contribution in [3.05, 3.63) is 54.1 Å². The SMILES string of the molecule is CCOc1ccc(N([C@H](CC)C(=O)N[C@H](C)COc2ccccc2C)S(C)(=O)=O)cc1. The van der Waals surface area contributed by atoms with Crippen molar-refractivity contribution in [2.24, 2.45) is 0 Å². The lowest BCUT2D eigenvalue weighted by Gasteiger charge is -2.31. The first-order valence-electron chi connectivity index (χ1n) is 10.4. The summed E-state index contributed by atoms with van der Waals surface area (Å²) in [5.74, 6) is 1.02. The van der Waals surface area contributed by atoms with Gasteiger partial charge < -0.3 is 14.8 Å². The number of anilines is 1. The van der Waals surface area contributed by atoms with Gasteiger partial charge in [-0.1, -0.05) is 25.1 Å². The zero-order valence-electron chi connectivity index (χ0n) is 18.8. The molecule has 0 bridgehead atoms. The average molecular weight is 449 g/mol. The van der Waals surface area contributed by atoms with Crippen LogP contribution < -0.4 is 19.1 Å². The van der Waals surface area contributed by atoms with E-state index in [1.807, 2.05) is 45.0 Å². The third kappa shape index (κ3) is 6.89. The van der Waals surface area contributed by atoms with Crippen LogP contribution in [0.1, 0.15) is 32.8 Å². The van der Waals surface area contributed by atoms with Gasteiger partial charge >= 0.3 is 0 Å². The molecule has 7 nitrogen and oxygen atoms in total. The van der Waals surface area contributed by atoms with Crippen LogP contribution in [0.15, 0.2) is 48.5 Å². The Labute approximate surface area is 185 Å². The van der Waals surface area contributed by atoms with E-state index in [0.717, 1.165) is 21.9 Å². The van der Waals surface area contributed by atoms with Crippen molar-refractivity contribution in [2.45, 2.75) is 46.2 Å². The third-order valence-corrected chi connectivity index (χ3v) is 5.88. The van der Waals surface area contributed by atoms with Crippen LogP contribution in [0.3, 0.4) is 0 Å². The van der Waals surface area contributed by atoms with E-state index >= 15 is 0 Å². The third-order valence-electron chi connectivity index (χ3n) is 4.70. The Morgan fingerprint density at radius 3 is 2.26 bits per heavy atom. The Morgan fingerprint density at radius 2 is 1.71 bits per heavy atom. The fraction of sp³-hybridized carbons (Fsp3) is 0.435. The first-order chi connectivity index (χ1) is 14.7. The van der Waals surface area contributed by atoms with Crippen LogP contribution >= 0.6 is 0 Å². The number of para-hydroxylation sites is 1. The summed E-state index contributed by atoms with van der Waals surface area (Å²) < 4.78 is 37.5. The Balaban J connectivity index is 2.13. The number of benzene rings is 2. The van der Waals surface area contributed by atoms with E-state index in [9.17, 15) is 13.2 Å². The maximum atomic E-state index is 13.0. The minimum atomic E-state index is -3.70. The average Bonchev–Trinajstić information content (AvgIpc) is 2.71. The summed E-state index contributed by atoms with van der Waals surface area (Å²) in [6, 6.07) is 13.1. The number of carbonyl (C=O) groups is 1.